The van der Waals surface area contributed by atoms with Gasteiger partial charge in [-0.3, -0.25) is 9.59 Å². The highest BCUT2D eigenvalue weighted by Gasteiger charge is 2.52. The van der Waals surface area contributed by atoms with E-state index in [-0.39, 0.29) is 51.0 Å². The number of ether oxygens (including phenoxy) is 1. The maximum absolute atomic E-state index is 14.1. The second-order valence-corrected chi connectivity index (χ2v) is 12.1. The number of methoxy groups -OCH3 is 1. The highest BCUT2D eigenvalue weighted by molar-refractivity contribution is 7.22. The number of hydrogen-bond donors (Lipinski definition) is 2. The van der Waals surface area contributed by atoms with Crippen molar-refractivity contribution in [3.8, 4) is 18.1 Å². The normalized spacial score (nSPS) is 18.0. The van der Waals surface area contributed by atoms with Crippen LogP contribution in [0.5, 0.6) is 5.75 Å². The molecule has 236 valence electrons. The summed E-state index contributed by atoms with van der Waals surface area (Å²) >= 11 is 1.36. The van der Waals surface area contributed by atoms with Crippen LogP contribution in [-0.2, 0) is 29.1 Å². The molecule has 2 aliphatic rings. The van der Waals surface area contributed by atoms with Crippen LogP contribution >= 0.6 is 11.3 Å². The molecule has 0 bridgehead atoms. The first-order chi connectivity index (χ1) is 22.2. The first-order valence-electron chi connectivity index (χ1n) is 14.6. The van der Waals surface area contributed by atoms with Crippen LogP contribution in [-0.4, -0.2) is 81.6 Å². The number of piperazine rings is 1. The minimum Gasteiger partial charge on any atom is -0.497 e. The number of carbonyl (C=O) groups is 3. The van der Waals surface area contributed by atoms with E-state index in [9.17, 15) is 18.8 Å². The summed E-state index contributed by atoms with van der Waals surface area (Å²) < 4.78 is 19.8. The molecule has 4 aromatic rings. The number of anilines is 1. The van der Waals surface area contributed by atoms with Gasteiger partial charge >= 0.3 is 6.03 Å². The van der Waals surface area contributed by atoms with E-state index in [2.05, 4.69) is 16.2 Å². The fourth-order valence-corrected chi connectivity index (χ4v) is 6.75. The van der Waals surface area contributed by atoms with Gasteiger partial charge in [0.1, 0.15) is 23.8 Å². The van der Waals surface area contributed by atoms with E-state index in [4.69, 9.17) is 16.9 Å². The molecule has 1 aromatic heterocycles. The second-order valence-electron chi connectivity index (χ2n) is 11.0. The number of nitrogens with one attached hydrogen (secondary N) is 1. The average Bonchev–Trinajstić information content (AvgIpc) is 3.60. The third-order valence-electron chi connectivity index (χ3n) is 8.18. The van der Waals surface area contributed by atoms with Crippen molar-refractivity contribution in [2.45, 2.75) is 31.7 Å². The smallest absolute Gasteiger partial charge is 0.333 e. The van der Waals surface area contributed by atoms with Crippen LogP contribution in [0.15, 0.2) is 66.7 Å². The summed E-state index contributed by atoms with van der Waals surface area (Å²) in [5, 5.41) is 6.29. The maximum Gasteiger partial charge on any atom is 0.333 e. The molecule has 11 nitrogen and oxygen atoms in total. The lowest BCUT2D eigenvalue weighted by Crippen LogP contribution is -2.66. The predicted octanol–water partition coefficient (Wildman–Crippen LogP) is 3.21. The number of hydrogen-bond acceptors (Lipinski definition) is 8. The molecule has 46 heavy (non-hydrogen) atoms. The Labute approximate surface area is 269 Å². The lowest BCUT2D eigenvalue weighted by Gasteiger charge is -2.46. The van der Waals surface area contributed by atoms with Crippen molar-refractivity contribution in [2.24, 2.45) is 0 Å². The summed E-state index contributed by atoms with van der Waals surface area (Å²) in [5.74, 6) is 2.25. The van der Waals surface area contributed by atoms with Gasteiger partial charge in [-0.25, -0.2) is 19.2 Å². The third kappa shape index (κ3) is 6.17. The zero-order chi connectivity index (χ0) is 32.4. The Bertz CT molecular complexity index is 1810. The molecule has 4 amide bonds. The summed E-state index contributed by atoms with van der Waals surface area (Å²) in [6.07, 6.45) is 5.18. The van der Waals surface area contributed by atoms with Gasteiger partial charge in [0.25, 0.3) is 0 Å². The second kappa shape index (κ2) is 13.0. The number of terminal acetylenes is 1. The van der Waals surface area contributed by atoms with Crippen molar-refractivity contribution in [3.05, 3.63) is 89.2 Å². The molecule has 2 saturated heterocycles. The Kier molecular flexibility index (Phi) is 8.74. The first kappa shape index (κ1) is 30.8. The van der Waals surface area contributed by atoms with Crippen LogP contribution in [0.2, 0.25) is 0 Å². The molecule has 0 unspecified atom stereocenters. The van der Waals surface area contributed by atoms with E-state index in [1.165, 1.54) is 33.4 Å². The molecule has 3 heterocycles. The van der Waals surface area contributed by atoms with Crippen molar-refractivity contribution in [1.29, 1.82) is 0 Å². The number of amides is 4. The van der Waals surface area contributed by atoms with Crippen molar-refractivity contribution >= 4 is 44.5 Å². The van der Waals surface area contributed by atoms with Gasteiger partial charge in [0, 0.05) is 19.5 Å². The van der Waals surface area contributed by atoms with Crippen LogP contribution < -0.4 is 15.8 Å². The topological polar surface area (TPSA) is 124 Å². The highest BCUT2D eigenvalue weighted by Crippen LogP contribution is 2.32. The number of carbonyl (C=O) groups excluding carboxylic acids is 3. The van der Waals surface area contributed by atoms with Crippen molar-refractivity contribution in [3.63, 3.8) is 0 Å². The number of urea groups is 1. The molecule has 0 radical (unpaired) electrons. The number of rotatable bonds is 9. The third-order valence-corrected chi connectivity index (χ3v) is 9.03. The van der Waals surface area contributed by atoms with Gasteiger partial charge in [0.15, 0.2) is 5.13 Å². The lowest BCUT2D eigenvalue weighted by atomic mass is 10.00. The molecule has 2 atom stereocenters. The summed E-state index contributed by atoms with van der Waals surface area (Å²) in [6.45, 7) is 0.304. The van der Waals surface area contributed by atoms with Crippen LogP contribution in [0.3, 0.4) is 0 Å². The summed E-state index contributed by atoms with van der Waals surface area (Å²) in [6, 6.07) is 17.5. The zero-order valence-electron chi connectivity index (χ0n) is 25.1. The summed E-state index contributed by atoms with van der Waals surface area (Å²) in [4.78, 5) is 49.0. The largest absolute Gasteiger partial charge is 0.497 e. The van der Waals surface area contributed by atoms with E-state index >= 15 is 0 Å². The van der Waals surface area contributed by atoms with E-state index in [1.54, 1.807) is 41.3 Å². The molecule has 13 heteroatoms. The van der Waals surface area contributed by atoms with Gasteiger partial charge in [-0.1, -0.05) is 53.7 Å². The van der Waals surface area contributed by atoms with Crippen LogP contribution in [0.4, 0.5) is 14.3 Å². The molecule has 0 saturated carbocycles. The molecular formula is C33H32FN7O4S. The highest BCUT2D eigenvalue weighted by atomic mass is 32.1. The Morgan fingerprint density at radius 2 is 1.89 bits per heavy atom. The van der Waals surface area contributed by atoms with Gasteiger partial charge < -0.3 is 25.6 Å². The van der Waals surface area contributed by atoms with E-state index in [0.717, 1.165) is 15.8 Å². The number of aromatic nitrogens is 1. The Morgan fingerprint density at radius 3 is 2.61 bits per heavy atom. The zero-order valence-corrected chi connectivity index (χ0v) is 25.9. The van der Waals surface area contributed by atoms with E-state index in [0.29, 0.717) is 22.0 Å². The standard InChI is InChI=1S/C33H32FN7O4S/c1-3-15-39(33(44)36-17-22-9-13-25(45-2)14-10-22)40-20-29(42)41-26(16-21-7-11-24(34)12-8-21)31(43)38(19-28(40)41)18-23-5-4-6-27-30(23)37-32(35)46-27/h1,4-14,26,28H,15-20H2,2H3,(H2,35,37)(H,36,44)/t26-,28+/m0/s1. The quantitative estimate of drug-likeness (QED) is 0.269. The molecular weight excluding hydrogens is 609 g/mol. The van der Waals surface area contributed by atoms with Crippen molar-refractivity contribution in [2.75, 3.05) is 32.5 Å². The Hall–Kier alpha value is -5.19. The fraction of sp³-hybridized carbons (Fsp3) is 0.273. The number of benzene rings is 3. The van der Waals surface area contributed by atoms with E-state index < -0.39 is 24.1 Å². The number of hydrazine groups is 1. The summed E-state index contributed by atoms with van der Waals surface area (Å²) in [7, 11) is 1.58. The minimum absolute atomic E-state index is 0.0972. The number of nitrogens with two attached hydrogens (primary N) is 1. The number of thiazole rings is 1. The average molecular weight is 642 g/mol. The van der Waals surface area contributed by atoms with Gasteiger partial charge in [-0.15, -0.1) is 6.42 Å². The predicted molar refractivity (Wildman–Crippen MR) is 171 cm³/mol. The number of nitrogen functional groups attached to an aromatic ring is 1. The molecule has 2 fully saturated rings. The van der Waals surface area contributed by atoms with Crippen molar-refractivity contribution < 1.29 is 23.5 Å². The van der Waals surface area contributed by atoms with Crippen LogP contribution in [0.25, 0.3) is 10.2 Å². The monoisotopic (exact) mass is 641 g/mol. The first-order valence-corrected chi connectivity index (χ1v) is 15.4. The Balaban J connectivity index is 1.30. The van der Waals surface area contributed by atoms with Gasteiger partial charge in [-0.05, 0) is 47.0 Å². The van der Waals surface area contributed by atoms with Crippen LogP contribution in [0.1, 0.15) is 16.7 Å². The number of halogens is 1. The summed E-state index contributed by atoms with van der Waals surface area (Å²) in [5.41, 5.74) is 9.05. The van der Waals surface area contributed by atoms with Crippen LogP contribution in [0, 0.1) is 18.2 Å². The molecule has 0 spiro atoms. The Morgan fingerprint density at radius 1 is 1.15 bits per heavy atom. The van der Waals surface area contributed by atoms with E-state index in [1.807, 2.05) is 30.3 Å². The molecule has 2 aliphatic heterocycles. The number of fused-ring (bicyclic) bond motifs is 2. The van der Waals surface area contributed by atoms with Crippen molar-refractivity contribution in [1.82, 2.24) is 30.1 Å². The number of para-hydroxylation sites is 1. The van der Waals surface area contributed by atoms with Gasteiger partial charge in [0.05, 0.1) is 37.0 Å². The fourth-order valence-electron chi connectivity index (χ4n) is 5.97. The van der Waals surface area contributed by atoms with Gasteiger partial charge in [0.2, 0.25) is 11.8 Å². The SMILES string of the molecule is C#CCN(C(=O)NCc1ccc(OC)cc1)N1CC(=O)N2[C@@H](Cc3ccc(F)cc3)C(=O)N(Cc3cccc4sc(N)nc34)C[C@@H]21. The minimum atomic E-state index is -0.892. The number of nitrogens with zero attached hydrogens (tertiary/aromatic N) is 5. The maximum atomic E-state index is 14.1. The van der Waals surface area contributed by atoms with Gasteiger partial charge in [-0.2, -0.15) is 5.01 Å². The molecule has 3 N–H and O–H groups in total. The lowest BCUT2D eigenvalue weighted by molar-refractivity contribution is -0.157. The molecule has 6 rings (SSSR count). The molecule has 0 aliphatic carbocycles. The molecule has 3 aromatic carbocycles.